The second-order valence-corrected chi connectivity index (χ2v) is 10.0. The average molecular weight is 470 g/mol. The Morgan fingerprint density at radius 3 is 2.25 bits per heavy atom. The summed E-state index contributed by atoms with van der Waals surface area (Å²) in [5.41, 5.74) is 2.26. The molecule has 1 amide bonds. The van der Waals surface area contributed by atoms with E-state index in [9.17, 15) is 13.2 Å². The topological polar surface area (TPSA) is 69.7 Å². The molecule has 0 atom stereocenters. The number of nitrogens with zero attached hydrogens (tertiary/aromatic N) is 2. The van der Waals surface area contributed by atoms with Crippen LogP contribution in [0.3, 0.4) is 0 Å². The van der Waals surface area contributed by atoms with E-state index in [1.807, 2.05) is 18.2 Å². The first-order chi connectivity index (χ1) is 15.4. The molecule has 1 fully saturated rings. The smallest absolute Gasteiger partial charge is 0.255 e. The molecule has 1 aliphatic heterocycles. The molecule has 0 aromatic heterocycles. The van der Waals surface area contributed by atoms with Crippen molar-refractivity contribution in [3.8, 4) is 0 Å². The Morgan fingerprint density at radius 1 is 0.875 bits per heavy atom. The minimum absolute atomic E-state index is 0.187. The molecule has 0 bridgehead atoms. The zero-order chi connectivity index (χ0) is 22.6. The van der Waals surface area contributed by atoms with Gasteiger partial charge in [-0.25, -0.2) is 8.42 Å². The van der Waals surface area contributed by atoms with Crippen LogP contribution >= 0.6 is 11.6 Å². The predicted octanol–water partition coefficient (Wildman–Crippen LogP) is 4.10. The highest BCUT2D eigenvalue weighted by molar-refractivity contribution is 7.89. The molecule has 1 aliphatic rings. The molecule has 1 heterocycles. The van der Waals surface area contributed by atoms with Crippen LogP contribution in [-0.4, -0.2) is 49.7 Å². The van der Waals surface area contributed by atoms with Gasteiger partial charge in [0.2, 0.25) is 10.0 Å². The van der Waals surface area contributed by atoms with Crippen LogP contribution in [0, 0.1) is 0 Å². The number of hydrogen-bond acceptors (Lipinski definition) is 4. The Balaban J connectivity index is 1.35. The average Bonchev–Trinajstić information content (AvgIpc) is 2.82. The molecule has 4 rings (SSSR count). The zero-order valence-electron chi connectivity index (χ0n) is 17.4. The van der Waals surface area contributed by atoms with Gasteiger partial charge in [-0.1, -0.05) is 41.9 Å². The van der Waals surface area contributed by atoms with Gasteiger partial charge in [0.1, 0.15) is 0 Å². The summed E-state index contributed by atoms with van der Waals surface area (Å²) in [7, 11) is -3.46. The fraction of sp³-hybridized carbons (Fsp3) is 0.208. The molecule has 1 N–H and O–H groups in total. The third-order valence-corrected chi connectivity index (χ3v) is 7.57. The normalized spacial score (nSPS) is 15.4. The molecule has 0 radical (unpaired) electrons. The maximum absolute atomic E-state index is 12.8. The van der Waals surface area contributed by atoms with Crippen molar-refractivity contribution in [3.05, 3.63) is 95.0 Å². The second-order valence-electron chi connectivity index (χ2n) is 7.65. The molecular formula is C24H24ClN3O3S. The Labute approximate surface area is 193 Å². The van der Waals surface area contributed by atoms with Crippen LogP contribution in [0.2, 0.25) is 5.02 Å². The monoisotopic (exact) mass is 469 g/mol. The summed E-state index contributed by atoms with van der Waals surface area (Å²) in [4.78, 5) is 15.1. The number of rotatable bonds is 6. The predicted molar refractivity (Wildman–Crippen MR) is 126 cm³/mol. The summed E-state index contributed by atoms with van der Waals surface area (Å²) in [6, 6.07) is 23.0. The van der Waals surface area contributed by atoms with Crippen LogP contribution in [0.15, 0.2) is 83.8 Å². The molecule has 0 unspecified atom stereocenters. The van der Waals surface area contributed by atoms with Gasteiger partial charge in [0.25, 0.3) is 5.91 Å². The van der Waals surface area contributed by atoms with E-state index in [0.29, 0.717) is 53.9 Å². The second kappa shape index (κ2) is 9.83. The first-order valence-corrected chi connectivity index (χ1v) is 12.2. The lowest BCUT2D eigenvalue weighted by Gasteiger charge is -2.34. The summed E-state index contributed by atoms with van der Waals surface area (Å²) in [6.07, 6.45) is 0. The zero-order valence-corrected chi connectivity index (χ0v) is 19.0. The molecule has 166 valence electrons. The van der Waals surface area contributed by atoms with Crippen molar-refractivity contribution in [2.75, 3.05) is 31.5 Å². The lowest BCUT2D eigenvalue weighted by molar-refractivity contribution is 0.102. The minimum atomic E-state index is -3.46. The highest BCUT2D eigenvalue weighted by Crippen LogP contribution is 2.19. The van der Waals surface area contributed by atoms with Gasteiger partial charge in [0, 0.05) is 49.0 Å². The quantitative estimate of drug-likeness (QED) is 0.590. The van der Waals surface area contributed by atoms with Crippen LogP contribution < -0.4 is 5.32 Å². The van der Waals surface area contributed by atoms with Crippen molar-refractivity contribution < 1.29 is 13.2 Å². The molecule has 32 heavy (non-hydrogen) atoms. The molecule has 8 heteroatoms. The van der Waals surface area contributed by atoms with Gasteiger partial charge in [0.05, 0.1) is 4.90 Å². The minimum Gasteiger partial charge on any atom is -0.322 e. The van der Waals surface area contributed by atoms with E-state index in [0.717, 1.165) is 5.56 Å². The van der Waals surface area contributed by atoms with Gasteiger partial charge >= 0.3 is 0 Å². The lowest BCUT2D eigenvalue weighted by Crippen LogP contribution is -2.48. The van der Waals surface area contributed by atoms with Crippen molar-refractivity contribution in [2.24, 2.45) is 0 Å². The van der Waals surface area contributed by atoms with Gasteiger partial charge in [0.15, 0.2) is 0 Å². The standard InChI is InChI=1S/C24H24ClN3O3S/c25-21-9-11-22(12-10-21)26-24(29)20-6-4-5-19(17-20)18-27-13-15-28(16-14-27)32(30,31)23-7-2-1-3-8-23/h1-12,17H,13-16,18H2,(H,26,29). The largest absolute Gasteiger partial charge is 0.322 e. The van der Waals surface area contributed by atoms with Gasteiger partial charge in [-0.3, -0.25) is 9.69 Å². The van der Waals surface area contributed by atoms with Crippen molar-refractivity contribution in [2.45, 2.75) is 11.4 Å². The maximum atomic E-state index is 12.8. The molecule has 3 aromatic carbocycles. The summed E-state index contributed by atoms with van der Waals surface area (Å²) in [5.74, 6) is -0.187. The highest BCUT2D eigenvalue weighted by atomic mass is 35.5. The number of benzene rings is 3. The Kier molecular flexibility index (Phi) is 6.91. The molecule has 1 saturated heterocycles. The number of piperazine rings is 1. The summed E-state index contributed by atoms with van der Waals surface area (Å²) < 4.78 is 27.1. The van der Waals surface area contributed by atoms with E-state index in [4.69, 9.17) is 11.6 Å². The van der Waals surface area contributed by atoms with Crippen LogP contribution in [0.25, 0.3) is 0 Å². The number of anilines is 1. The first-order valence-electron chi connectivity index (χ1n) is 10.4. The SMILES string of the molecule is O=C(Nc1ccc(Cl)cc1)c1cccc(CN2CCN(S(=O)(=O)c3ccccc3)CC2)c1. The molecule has 6 nitrogen and oxygen atoms in total. The van der Waals surface area contributed by atoms with Crippen LogP contribution in [0.1, 0.15) is 15.9 Å². The molecule has 0 spiro atoms. The number of hydrogen-bond donors (Lipinski definition) is 1. The lowest BCUT2D eigenvalue weighted by atomic mass is 10.1. The fourth-order valence-corrected chi connectivity index (χ4v) is 5.24. The van der Waals surface area contributed by atoms with Crippen LogP contribution in [-0.2, 0) is 16.6 Å². The Bertz CT molecular complexity index is 1180. The van der Waals surface area contributed by atoms with Gasteiger partial charge in [-0.05, 0) is 54.1 Å². The maximum Gasteiger partial charge on any atom is 0.255 e. The number of carbonyl (C=O) groups excluding carboxylic acids is 1. The molecular weight excluding hydrogens is 446 g/mol. The van der Waals surface area contributed by atoms with Crippen molar-refractivity contribution in [1.82, 2.24) is 9.21 Å². The van der Waals surface area contributed by atoms with E-state index in [2.05, 4.69) is 10.2 Å². The number of halogens is 1. The number of amides is 1. The Hall–Kier alpha value is -2.71. The van der Waals surface area contributed by atoms with E-state index >= 15 is 0 Å². The van der Waals surface area contributed by atoms with Crippen molar-refractivity contribution >= 4 is 33.2 Å². The van der Waals surface area contributed by atoms with Crippen molar-refractivity contribution in [1.29, 1.82) is 0 Å². The number of carbonyl (C=O) groups is 1. The van der Waals surface area contributed by atoms with Crippen LogP contribution in [0.5, 0.6) is 0 Å². The fourth-order valence-electron chi connectivity index (χ4n) is 3.68. The van der Waals surface area contributed by atoms with Crippen LogP contribution in [0.4, 0.5) is 5.69 Å². The highest BCUT2D eigenvalue weighted by Gasteiger charge is 2.28. The summed E-state index contributed by atoms with van der Waals surface area (Å²) in [6.45, 7) is 2.80. The van der Waals surface area contributed by atoms with E-state index in [1.165, 1.54) is 4.31 Å². The third kappa shape index (κ3) is 5.37. The van der Waals surface area contributed by atoms with Gasteiger partial charge < -0.3 is 5.32 Å². The van der Waals surface area contributed by atoms with Gasteiger partial charge in [-0.15, -0.1) is 0 Å². The Morgan fingerprint density at radius 2 is 1.56 bits per heavy atom. The number of sulfonamides is 1. The molecule has 0 aliphatic carbocycles. The molecule has 3 aromatic rings. The van der Waals surface area contributed by atoms with Crippen molar-refractivity contribution in [3.63, 3.8) is 0 Å². The summed E-state index contributed by atoms with van der Waals surface area (Å²) in [5, 5.41) is 3.48. The molecule has 0 saturated carbocycles. The van der Waals surface area contributed by atoms with E-state index in [-0.39, 0.29) is 5.91 Å². The third-order valence-electron chi connectivity index (χ3n) is 5.41. The van der Waals surface area contributed by atoms with Gasteiger partial charge in [-0.2, -0.15) is 4.31 Å². The van der Waals surface area contributed by atoms with E-state index < -0.39 is 10.0 Å². The first kappa shape index (κ1) is 22.5. The van der Waals surface area contributed by atoms with E-state index in [1.54, 1.807) is 60.7 Å². The number of nitrogens with one attached hydrogen (secondary N) is 1. The summed E-state index contributed by atoms with van der Waals surface area (Å²) >= 11 is 5.89.